The van der Waals surface area contributed by atoms with E-state index in [9.17, 15) is 4.79 Å². The van der Waals surface area contributed by atoms with Crippen LogP contribution in [0.2, 0.25) is 0 Å². The fourth-order valence-corrected chi connectivity index (χ4v) is 1.91. The lowest BCUT2D eigenvalue weighted by molar-refractivity contribution is 0.0947. The number of carbonyl (C=O) groups excluding carboxylic acids is 1. The third kappa shape index (κ3) is 3.94. The molecule has 6 nitrogen and oxygen atoms in total. The van der Waals surface area contributed by atoms with Crippen LogP contribution in [0.1, 0.15) is 29.4 Å². The smallest absolute Gasteiger partial charge is 0.271 e. The van der Waals surface area contributed by atoms with Gasteiger partial charge in [0.05, 0.1) is 12.8 Å². The van der Waals surface area contributed by atoms with Crippen LogP contribution in [0, 0.1) is 6.92 Å². The van der Waals surface area contributed by atoms with Gasteiger partial charge in [-0.3, -0.25) is 4.79 Å². The van der Waals surface area contributed by atoms with Gasteiger partial charge in [-0.1, -0.05) is 13.0 Å². The van der Waals surface area contributed by atoms with E-state index in [0.717, 1.165) is 23.4 Å². The highest BCUT2D eigenvalue weighted by molar-refractivity contribution is 5.92. The number of nitrogens with zero attached hydrogens (tertiary/aromatic N) is 2. The fourth-order valence-electron chi connectivity index (χ4n) is 1.91. The van der Waals surface area contributed by atoms with Gasteiger partial charge in [-0.05, 0) is 43.2 Å². The van der Waals surface area contributed by atoms with Crippen LogP contribution in [0.4, 0.5) is 11.5 Å². The minimum atomic E-state index is -0.214. The molecule has 0 saturated heterocycles. The SMILES string of the molecule is CCCNC(=O)c1ccc(Nc2cc(C)ccc2OC)nn1. The largest absolute Gasteiger partial charge is 0.495 e. The number of benzene rings is 1. The monoisotopic (exact) mass is 300 g/mol. The van der Waals surface area contributed by atoms with E-state index in [0.29, 0.717) is 18.1 Å². The number of aryl methyl sites for hydroxylation is 1. The average molecular weight is 300 g/mol. The molecule has 0 aliphatic rings. The minimum absolute atomic E-state index is 0.214. The zero-order chi connectivity index (χ0) is 15.9. The van der Waals surface area contributed by atoms with Crippen molar-refractivity contribution in [1.29, 1.82) is 0 Å². The van der Waals surface area contributed by atoms with Crippen LogP contribution in [-0.4, -0.2) is 29.8 Å². The molecule has 0 saturated carbocycles. The van der Waals surface area contributed by atoms with E-state index in [1.54, 1.807) is 19.2 Å². The number of ether oxygens (including phenoxy) is 1. The van der Waals surface area contributed by atoms with E-state index in [1.165, 1.54) is 0 Å². The second kappa shape index (κ2) is 7.40. The fraction of sp³-hybridized carbons (Fsp3) is 0.312. The molecule has 0 aliphatic carbocycles. The molecule has 0 aliphatic heterocycles. The molecule has 22 heavy (non-hydrogen) atoms. The summed E-state index contributed by atoms with van der Waals surface area (Å²) in [5.41, 5.74) is 2.21. The predicted octanol–water partition coefficient (Wildman–Crippen LogP) is 2.68. The Labute approximate surface area is 129 Å². The maximum absolute atomic E-state index is 11.8. The lowest BCUT2D eigenvalue weighted by Gasteiger charge is -2.11. The van der Waals surface area contributed by atoms with Gasteiger partial charge in [0.25, 0.3) is 5.91 Å². The van der Waals surface area contributed by atoms with Crippen LogP contribution >= 0.6 is 0 Å². The van der Waals surface area contributed by atoms with E-state index in [4.69, 9.17) is 4.74 Å². The Morgan fingerprint density at radius 1 is 1.23 bits per heavy atom. The van der Waals surface area contributed by atoms with Gasteiger partial charge >= 0.3 is 0 Å². The van der Waals surface area contributed by atoms with Crippen LogP contribution < -0.4 is 15.4 Å². The molecule has 116 valence electrons. The third-order valence-corrected chi connectivity index (χ3v) is 3.05. The molecule has 2 aromatic rings. The Kier molecular flexibility index (Phi) is 5.30. The highest BCUT2D eigenvalue weighted by Crippen LogP contribution is 2.27. The number of hydrogen-bond donors (Lipinski definition) is 2. The van der Waals surface area contributed by atoms with Crippen LogP contribution in [-0.2, 0) is 0 Å². The summed E-state index contributed by atoms with van der Waals surface area (Å²) in [6.45, 7) is 4.62. The molecule has 1 amide bonds. The standard InChI is InChI=1S/C16H20N4O2/c1-4-9-17-16(21)12-6-8-15(20-19-12)18-13-10-11(2)5-7-14(13)22-3/h5-8,10H,4,9H2,1-3H3,(H,17,21)(H,18,20). The highest BCUT2D eigenvalue weighted by Gasteiger charge is 2.08. The first-order valence-corrected chi connectivity index (χ1v) is 7.17. The molecule has 0 unspecified atom stereocenters. The van der Waals surface area contributed by atoms with Gasteiger partial charge in [-0.2, -0.15) is 0 Å². The molecule has 0 bridgehead atoms. The van der Waals surface area contributed by atoms with Gasteiger partial charge in [0.2, 0.25) is 0 Å². The van der Waals surface area contributed by atoms with Crippen molar-refractivity contribution in [2.24, 2.45) is 0 Å². The van der Waals surface area contributed by atoms with Crippen molar-refractivity contribution < 1.29 is 9.53 Å². The van der Waals surface area contributed by atoms with Crippen LogP contribution in [0.3, 0.4) is 0 Å². The minimum Gasteiger partial charge on any atom is -0.495 e. The number of nitrogens with one attached hydrogen (secondary N) is 2. The van der Waals surface area contributed by atoms with Crippen LogP contribution in [0.5, 0.6) is 5.75 Å². The second-order valence-electron chi connectivity index (χ2n) is 4.89. The number of hydrogen-bond acceptors (Lipinski definition) is 5. The van der Waals surface area contributed by atoms with Crippen molar-refractivity contribution in [3.8, 4) is 5.75 Å². The summed E-state index contributed by atoms with van der Waals surface area (Å²) in [7, 11) is 1.61. The zero-order valence-electron chi connectivity index (χ0n) is 13.0. The molecule has 1 aromatic heterocycles. The van der Waals surface area contributed by atoms with Gasteiger partial charge in [0.1, 0.15) is 5.75 Å². The first-order chi connectivity index (χ1) is 10.6. The number of rotatable bonds is 6. The molecule has 1 heterocycles. The Bertz CT molecular complexity index is 641. The number of carbonyl (C=O) groups is 1. The number of methoxy groups -OCH3 is 1. The molecule has 2 N–H and O–H groups in total. The van der Waals surface area contributed by atoms with Gasteiger partial charge in [-0.25, -0.2) is 0 Å². The van der Waals surface area contributed by atoms with E-state index in [1.807, 2.05) is 32.0 Å². The molecule has 0 spiro atoms. The lowest BCUT2D eigenvalue weighted by atomic mass is 10.2. The maximum Gasteiger partial charge on any atom is 0.271 e. The average Bonchev–Trinajstić information content (AvgIpc) is 2.53. The summed E-state index contributed by atoms with van der Waals surface area (Å²) in [4.78, 5) is 11.8. The Hall–Kier alpha value is -2.63. The predicted molar refractivity (Wildman–Crippen MR) is 85.7 cm³/mol. The summed E-state index contributed by atoms with van der Waals surface area (Å²) in [5, 5.41) is 13.9. The zero-order valence-corrected chi connectivity index (χ0v) is 13.0. The normalized spacial score (nSPS) is 10.1. The lowest BCUT2D eigenvalue weighted by Crippen LogP contribution is -2.25. The summed E-state index contributed by atoms with van der Waals surface area (Å²) in [5.74, 6) is 1.06. The quantitative estimate of drug-likeness (QED) is 0.857. The second-order valence-corrected chi connectivity index (χ2v) is 4.89. The highest BCUT2D eigenvalue weighted by atomic mass is 16.5. The molecule has 0 atom stereocenters. The summed E-state index contributed by atoms with van der Waals surface area (Å²) in [6.07, 6.45) is 0.881. The molecule has 6 heteroatoms. The van der Waals surface area contributed by atoms with E-state index < -0.39 is 0 Å². The topological polar surface area (TPSA) is 76.1 Å². The van der Waals surface area contributed by atoms with Gasteiger partial charge in [0.15, 0.2) is 11.5 Å². The van der Waals surface area contributed by atoms with Crippen LogP contribution in [0.15, 0.2) is 30.3 Å². The summed E-state index contributed by atoms with van der Waals surface area (Å²) in [6, 6.07) is 9.18. The number of aromatic nitrogens is 2. The van der Waals surface area contributed by atoms with Crippen molar-refractivity contribution in [2.75, 3.05) is 19.0 Å². The molecular weight excluding hydrogens is 280 g/mol. The van der Waals surface area contributed by atoms with Crippen molar-refractivity contribution in [3.05, 3.63) is 41.6 Å². The Morgan fingerprint density at radius 2 is 2.05 bits per heavy atom. The maximum atomic E-state index is 11.8. The Morgan fingerprint density at radius 3 is 2.68 bits per heavy atom. The van der Waals surface area contributed by atoms with Gasteiger partial charge < -0.3 is 15.4 Å². The molecule has 0 fully saturated rings. The molecule has 1 aromatic carbocycles. The Balaban J connectivity index is 2.11. The number of anilines is 2. The van der Waals surface area contributed by atoms with Crippen LogP contribution in [0.25, 0.3) is 0 Å². The molecule has 0 radical (unpaired) electrons. The van der Waals surface area contributed by atoms with E-state index >= 15 is 0 Å². The molecule has 2 rings (SSSR count). The van der Waals surface area contributed by atoms with Gasteiger partial charge in [0, 0.05) is 6.54 Å². The summed E-state index contributed by atoms with van der Waals surface area (Å²) >= 11 is 0. The van der Waals surface area contributed by atoms with E-state index in [-0.39, 0.29) is 5.91 Å². The third-order valence-electron chi connectivity index (χ3n) is 3.05. The number of amides is 1. The summed E-state index contributed by atoms with van der Waals surface area (Å²) < 4.78 is 5.30. The van der Waals surface area contributed by atoms with Crippen molar-refractivity contribution in [1.82, 2.24) is 15.5 Å². The van der Waals surface area contributed by atoms with Gasteiger partial charge in [-0.15, -0.1) is 10.2 Å². The first kappa shape index (κ1) is 15.8. The molecular formula is C16H20N4O2. The van der Waals surface area contributed by atoms with Crippen molar-refractivity contribution in [3.63, 3.8) is 0 Å². The van der Waals surface area contributed by atoms with Crippen molar-refractivity contribution in [2.45, 2.75) is 20.3 Å². The van der Waals surface area contributed by atoms with E-state index in [2.05, 4.69) is 20.8 Å². The van der Waals surface area contributed by atoms with Crippen molar-refractivity contribution >= 4 is 17.4 Å². The first-order valence-electron chi connectivity index (χ1n) is 7.17.